The van der Waals surface area contributed by atoms with Crippen molar-refractivity contribution in [3.63, 3.8) is 0 Å². The van der Waals surface area contributed by atoms with E-state index in [9.17, 15) is 8.42 Å². The summed E-state index contributed by atoms with van der Waals surface area (Å²) >= 11 is 0. The summed E-state index contributed by atoms with van der Waals surface area (Å²) in [7, 11) is -2.00. The third kappa shape index (κ3) is 3.57. The van der Waals surface area contributed by atoms with Crippen LogP contribution in [0.4, 0.5) is 5.69 Å². The van der Waals surface area contributed by atoms with E-state index in [1.165, 1.54) is 0 Å². The number of hydrogen-bond acceptors (Lipinski definition) is 4. The van der Waals surface area contributed by atoms with Gasteiger partial charge in [0.25, 0.3) is 10.0 Å². The van der Waals surface area contributed by atoms with Crippen LogP contribution in [0.5, 0.6) is 5.75 Å². The minimum Gasteiger partial charge on any atom is -0.497 e. The number of sulfonamides is 1. The van der Waals surface area contributed by atoms with Crippen LogP contribution >= 0.6 is 0 Å². The summed E-state index contributed by atoms with van der Waals surface area (Å²) in [6, 6.07) is 19.4. The van der Waals surface area contributed by atoms with E-state index in [-0.39, 0.29) is 4.90 Å². The molecule has 0 saturated carbocycles. The minimum atomic E-state index is -3.62. The molecule has 0 bridgehead atoms. The molecule has 0 atom stereocenters. The number of fused-ring (bicyclic) bond motifs is 1. The third-order valence-corrected chi connectivity index (χ3v) is 5.83. The van der Waals surface area contributed by atoms with Crippen molar-refractivity contribution in [2.45, 2.75) is 11.8 Å². The lowest BCUT2D eigenvalue weighted by atomic mass is 10.2. The second-order valence-electron chi connectivity index (χ2n) is 6.46. The number of ether oxygens (including phenoxy) is 1. The summed E-state index contributed by atoms with van der Waals surface area (Å²) in [6.07, 6.45) is 0. The smallest absolute Gasteiger partial charge is 0.261 e. The molecule has 6 nitrogen and oxygen atoms in total. The number of aromatic nitrogens is 2. The number of hydrogen-bond donors (Lipinski definition) is 2. The molecule has 0 aliphatic carbocycles. The number of nitrogens with zero attached hydrogens (tertiary/aromatic N) is 1. The van der Waals surface area contributed by atoms with E-state index in [2.05, 4.69) is 14.7 Å². The Labute approximate surface area is 163 Å². The van der Waals surface area contributed by atoms with Gasteiger partial charge < -0.3 is 9.72 Å². The molecule has 142 valence electrons. The average Bonchev–Trinajstić information content (AvgIpc) is 3.11. The fourth-order valence-corrected chi connectivity index (χ4v) is 3.94. The van der Waals surface area contributed by atoms with Crippen LogP contribution in [0.1, 0.15) is 5.56 Å². The lowest BCUT2D eigenvalue weighted by Gasteiger charge is -2.08. The topological polar surface area (TPSA) is 84.1 Å². The van der Waals surface area contributed by atoms with Crippen LogP contribution in [-0.2, 0) is 10.0 Å². The number of aromatic amines is 1. The van der Waals surface area contributed by atoms with Gasteiger partial charge in [-0.15, -0.1) is 0 Å². The highest BCUT2D eigenvalue weighted by atomic mass is 32.2. The van der Waals surface area contributed by atoms with Gasteiger partial charge in [-0.1, -0.05) is 17.7 Å². The molecule has 28 heavy (non-hydrogen) atoms. The van der Waals surface area contributed by atoms with Crippen molar-refractivity contribution in [2.75, 3.05) is 11.8 Å². The van der Waals surface area contributed by atoms with Crippen LogP contribution in [0.25, 0.3) is 22.4 Å². The lowest BCUT2D eigenvalue weighted by Crippen LogP contribution is -2.12. The molecule has 0 fully saturated rings. The number of nitrogens with one attached hydrogen (secondary N) is 2. The second-order valence-corrected chi connectivity index (χ2v) is 8.15. The maximum absolute atomic E-state index is 12.5. The van der Waals surface area contributed by atoms with Crippen molar-refractivity contribution in [1.29, 1.82) is 0 Å². The van der Waals surface area contributed by atoms with Crippen LogP contribution < -0.4 is 9.46 Å². The summed E-state index contributed by atoms with van der Waals surface area (Å²) in [6.45, 7) is 1.91. The number of H-pyrrole nitrogens is 1. The standard InChI is InChI=1S/C21H19N3O3S/c1-14-3-10-18(11-4-14)28(25,26)24-16-7-5-15(6-8-16)21-22-19-12-9-17(27-2)13-20(19)23-21/h3-13,24H,1-2H3,(H,22,23). The maximum Gasteiger partial charge on any atom is 0.261 e. The predicted molar refractivity (Wildman–Crippen MR) is 110 cm³/mol. The number of imidazole rings is 1. The molecule has 1 heterocycles. The molecule has 2 N–H and O–H groups in total. The van der Waals surface area contributed by atoms with E-state index < -0.39 is 10.0 Å². The zero-order valence-corrected chi connectivity index (χ0v) is 16.2. The molecule has 3 aromatic carbocycles. The Hall–Kier alpha value is -3.32. The Morgan fingerprint density at radius 2 is 1.68 bits per heavy atom. The van der Waals surface area contributed by atoms with Crippen LogP contribution in [0.3, 0.4) is 0 Å². The quantitative estimate of drug-likeness (QED) is 0.528. The largest absolute Gasteiger partial charge is 0.497 e. The van der Waals surface area contributed by atoms with E-state index in [0.29, 0.717) is 11.5 Å². The first-order valence-electron chi connectivity index (χ1n) is 8.68. The molecule has 0 radical (unpaired) electrons. The predicted octanol–water partition coefficient (Wildman–Crippen LogP) is 4.35. The number of aryl methyl sites for hydroxylation is 1. The third-order valence-electron chi connectivity index (χ3n) is 4.43. The van der Waals surface area contributed by atoms with Crippen molar-refractivity contribution in [2.24, 2.45) is 0 Å². The molecule has 4 rings (SSSR count). The Morgan fingerprint density at radius 3 is 2.36 bits per heavy atom. The van der Waals surface area contributed by atoms with Crippen LogP contribution in [-0.4, -0.2) is 25.5 Å². The molecule has 0 aliphatic rings. The van der Waals surface area contributed by atoms with Crippen LogP contribution in [0, 0.1) is 6.92 Å². The summed E-state index contributed by atoms with van der Waals surface area (Å²) in [4.78, 5) is 8.05. The van der Waals surface area contributed by atoms with Gasteiger partial charge in [-0.05, 0) is 55.5 Å². The number of anilines is 1. The zero-order valence-electron chi connectivity index (χ0n) is 15.4. The first-order valence-corrected chi connectivity index (χ1v) is 10.2. The van der Waals surface area contributed by atoms with Gasteiger partial charge in [-0.25, -0.2) is 13.4 Å². The van der Waals surface area contributed by atoms with Crippen molar-refractivity contribution in [3.05, 3.63) is 72.3 Å². The van der Waals surface area contributed by atoms with E-state index in [1.54, 1.807) is 43.5 Å². The Bertz CT molecular complexity index is 1230. The molecule has 0 aliphatic heterocycles. The maximum atomic E-state index is 12.5. The number of methoxy groups -OCH3 is 1. The molecule has 0 spiro atoms. The van der Waals surface area contributed by atoms with Gasteiger partial charge in [0.15, 0.2) is 0 Å². The number of benzene rings is 3. The molecular weight excluding hydrogens is 374 g/mol. The van der Waals surface area contributed by atoms with Gasteiger partial charge in [-0.2, -0.15) is 0 Å². The van der Waals surface area contributed by atoms with E-state index >= 15 is 0 Å². The van der Waals surface area contributed by atoms with Gasteiger partial charge in [0.05, 0.1) is 23.0 Å². The monoisotopic (exact) mass is 393 g/mol. The van der Waals surface area contributed by atoms with Crippen LogP contribution in [0.2, 0.25) is 0 Å². The first kappa shape index (κ1) is 18.1. The van der Waals surface area contributed by atoms with Crippen LogP contribution in [0.15, 0.2) is 71.6 Å². The van der Waals surface area contributed by atoms with Crippen molar-refractivity contribution >= 4 is 26.7 Å². The van der Waals surface area contributed by atoms with Gasteiger partial charge in [-0.3, -0.25) is 4.72 Å². The highest BCUT2D eigenvalue weighted by molar-refractivity contribution is 7.92. The van der Waals surface area contributed by atoms with Crippen molar-refractivity contribution in [1.82, 2.24) is 9.97 Å². The van der Waals surface area contributed by atoms with Gasteiger partial charge >= 0.3 is 0 Å². The average molecular weight is 393 g/mol. The Kier molecular flexibility index (Phi) is 4.52. The second kappa shape index (κ2) is 7.01. The first-order chi connectivity index (χ1) is 13.4. The zero-order chi connectivity index (χ0) is 19.7. The van der Waals surface area contributed by atoms with Crippen molar-refractivity contribution < 1.29 is 13.2 Å². The summed E-state index contributed by atoms with van der Waals surface area (Å²) in [5, 5.41) is 0. The molecular formula is C21H19N3O3S. The SMILES string of the molecule is COc1ccc2nc(-c3ccc(NS(=O)(=O)c4ccc(C)cc4)cc3)[nH]c2c1. The molecule has 0 saturated heterocycles. The van der Waals surface area contributed by atoms with Crippen molar-refractivity contribution in [3.8, 4) is 17.1 Å². The highest BCUT2D eigenvalue weighted by Crippen LogP contribution is 2.25. The Morgan fingerprint density at radius 1 is 0.964 bits per heavy atom. The molecule has 4 aromatic rings. The molecule has 0 unspecified atom stereocenters. The highest BCUT2D eigenvalue weighted by Gasteiger charge is 2.14. The fourth-order valence-electron chi connectivity index (χ4n) is 2.88. The molecule has 7 heteroatoms. The minimum absolute atomic E-state index is 0.230. The molecule has 1 aromatic heterocycles. The van der Waals surface area contributed by atoms with E-state index in [1.807, 2.05) is 37.3 Å². The van der Waals surface area contributed by atoms with E-state index in [0.717, 1.165) is 27.9 Å². The van der Waals surface area contributed by atoms with E-state index in [4.69, 9.17) is 4.74 Å². The fraction of sp³-hybridized carbons (Fsp3) is 0.0952. The number of rotatable bonds is 5. The van der Waals surface area contributed by atoms with Gasteiger partial charge in [0.1, 0.15) is 11.6 Å². The normalized spacial score (nSPS) is 11.5. The van der Waals surface area contributed by atoms with Gasteiger partial charge in [0.2, 0.25) is 0 Å². The summed E-state index contributed by atoms with van der Waals surface area (Å²) < 4.78 is 32.8. The molecule has 0 amide bonds. The summed E-state index contributed by atoms with van der Waals surface area (Å²) in [5.41, 5.74) is 4.06. The summed E-state index contributed by atoms with van der Waals surface area (Å²) in [5.74, 6) is 1.46. The van der Waals surface area contributed by atoms with Gasteiger partial charge in [0, 0.05) is 17.3 Å². The Balaban J connectivity index is 1.58. The lowest BCUT2D eigenvalue weighted by molar-refractivity contribution is 0.415.